The number of carbonyl (C=O) groups is 3. The van der Waals surface area contributed by atoms with Crippen molar-refractivity contribution in [3.8, 4) is 11.8 Å². The van der Waals surface area contributed by atoms with Crippen molar-refractivity contribution in [3.05, 3.63) is 35.4 Å². The molecule has 0 unspecified atom stereocenters. The smallest absolute Gasteiger partial charge is 0.325 e. The van der Waals surface area contributed by atoms with Crippen molar-refractivity contribution < 1.29 is 24.2 Å². The van der Waals surface area contributed by atoms with E-state index >= 15 is 0 Å². The van der Waals surface area contributed by atoms with E-state index in [0.717, 1.165) is 12.8 Å². The van der Waals surface area contributed by atoms with E-state index in [2.05, 4.69) is 21.9 Å². The second-order valence-corrected chi connectivity index (χ2v) is 5.10. The Morgan fingerprint density at radius 1 is 1.21 bits per heavy atom. The molecular formula is C18H21NO5. The third-order valence-electron chi connectivity index (χ3n) is 3.17. The van der Waals surface area contributed by atoms with Gasteiger partial charge in [-0.2, -0.15) is 0 Å². The number of carboxylic acid groups (broad SMARTS) is 1. The Bertz CT molecular complexity index is 642. The van der Waals surface area contributed by atoms with Gasteiger partial charge in [-0.15, -0.1) is 0 Å². The second kappa shape index (κ2) is 10.8. The van der Waals surface area contributed by atoms with E-state index in [4.69, 9.17) is 5.11 Å². The topological polar surface area (TPSA) is 92.7 Å². The molecule has 0 bridgehead atoms. The maximum Gasteiger partial charge on any atom is 0.325 e. The fourth-order valence-electron chi connectivity index (χ4n) is 1.90. The van der Waals surface area contributed by atoms with E-state index in [1.807, 2.05) is 0 Å². The first kappa shape index (κ1) is 19.2. The number of esters is 1. The number of carboxylic acids is 1. The molecule has 6 heteroatoms. The highest BCUT2D eigenvalue weighted by molar-refractivity contribution is 5.96. The first-order chi connectivity index (χ1) is 11.5. The molecule has 0 spiro atoms. The normalized spacial score (nSPS) is 9.54. The third-order valence-corrected chi connectivity index (χ3v) is 3.17. The lowest BCUT2D eigenvalue weighted by atomic mass is 10.1. The zero-order valence-electron chi connectivity index (χ0n) is 13.6. The standard InChI is InChI=1S/C18H21NO5/c1-24-17(22)13-19-18(23)15-10-7-9-14(12-15)8-5-3-2-4-6-11-16(20)21/h7,9-10,12H,2-4,6,11,13H2,1H3,(H,19,23)(H,20,21). The maximum atomic E-state index is 11.9. The van der Waals surface area contributed by atoms with Crippen molar-refractivity contribution in [1.29, 1.82) is 0 Å². The van der Waals surface area contributed by atoms with Crippen molar-refractivity contribution >= 4 is 17.8 Å². The molecule has 0 aromatic heterocycles. The van der Waals surface area contributed by atoms with Gasteiger partial charge in [-0.05, 0) is 31.0 Å². The maximum absolute atomic E-state index is 11.9. The first-order valence-electron chi connectivity index (χ1n) is 7.68. The number of rotatable bonds is 8. The average molecular weight is 331 g/mol. The molecule has 0 aliphatic heterocycles. The molecule has 1 aromatic carbocycles. The van der Waals surface area contributed by atoms with Gasteiger partial charge in [0.2, 0.25) is 0 Å². The summed E-state index contributed by atoms with van der Waals surface area (Å²) in [6.45, 7) is -0.179. The average Bonchev–Trinajstić information content (AvgIpc) is 2.58. The van der Waals surface area contributed by atoms with Crippen LogP contribution in [0.1, 0.15) is 48.0 Å². The van der Waals surface area contributed by atoms with Crippen molar-refractivity contribution in [2.24, 2.45) is 0 Å². The molecule has 0 aliphatic carbocycles. The number of benzene rings is 1. The number of methoxy groups -OCH3 is 1. The second-order valence-electron chi connectivity index (χ2n) is 5.10. The minimum Gasteiger partial charge on any atom is -0.481 e. The Morgan fingerprint density at radius 3 is 2.71 bits per heavy atom. The van der Waals surface area contributed by atoms with Crippen LogP contribution in [0.15, 0.2) is 24.3 Å². The summed E-state index contributed by atoms with van der Waals surface area (Å²) in [6, 6.07) is 6.83. The van der Waals surface area contributed by atoms with E-state index in [9.17, 15) is 14.4 Å². The van der Waals surface area contributed by atoms with Gasteiger partial charge in [0.05, 0.1) is 7.11 Å². The summed E-state index contributed by atoms with van der Waals surface area (Å²) in [5, 5.41) is 11.0. The molecule has 0 saturated carbocycles. The van der Waals surface area contributed by atoms with Crippen LogP contribution in [0.2, 0.25) is 0 Å². The third kappa shape index (κ3) is 7.99. The fraction of sp³-hybridized carbons (Fsp3) is 0.389. The van der Waals surface area contributed by atoms with Crippen LogP contribution in [0, 0.1) is 11.8 Å². The monoisotopic (exact) mass is 331 g/mol. The van der Waals surface area contributed by atoms with Gasteiger partial charge in [0.25, 0.3) is 5.91 Å². The fourth-order valence-corrected chi connectivity index (χ4v) is 1.90. The largest absolute Gasteiger partial charge is 0.481 e. The molecule has 0 fully saturated rings. The Kier molecular flexibility index (Phi) is 8.69. The number of hydrogen-bond acceptors (Lipinski definition) is 4. The molecule has 0 atom stereocenters. The summed E-state index contributed by atoms with van der Waals surface area (Å²) in [5.74, 6) is 4.34. The lowest BCUT2D eigenvalue weighted by Crippen LogP contribution is -2.30. The van der Waals surface area contributed by atoms with Crippen LogP contribution in [-0.4, -0.2) is 36.6 Å². The number of aliphatic carboxylic acids is 1. The zero-order valence-corrected chi connectivity index (χ0v) is 13.6. The van der Waals surface area contributed by atoms with Crippen LogP contribution >= 0.6 is 0 Å². The number of carbonyl (C=O) groups excluding carboxylic acids is 2. The number of hydrogen-bond donors (Lipinski definition) is 2. The van der Waals surface area contributed by atoms with Crippen molar-refractivity contribution in [1.82, 2.24) is 5.32 Å². The van der Waals surface area contributed by atoms with E-state index in [1.54, 1.807) is 24.3 Å². The predicted octanol–water partition coefficient (Wildman–Crippen LogP) is 1.98. The lowest BCUT2D eigenvalue weighted by Gasteiger charge is -2.04. The number of amides is 1. The number of nitrogens with one attached hydrogen (secondary N) is 1. The molecular weight excluding hydrogens is 310 g/mol. The van der Waals surface area contributed by atoms with E-state index in [-0.39, 0.29) is 18.9 Å². The van der Waals surface area contributed by atoms with Gasteiger partial charge in [0, 0.05) is 24.0 Å². The predicted molar refractivity (Wildman–Crippen MR) is 88.4 cm³/mol. The molecule has 0 saturated heterocycles. The molecule has 1 amide bonds. The summed E-state index contributed by atoms with van der Waals surface area (Å²) in [7, 11) is 1.26. The van der Waals surface area contributed by atoms with Crippen LogP contribution in [0.5, 0.6) is 0 Å². The van der Waals surface area contributed by atoms with Crippen LogP contribution in [-0.2, 0) is 14.3 Å². The van der Waals surface area contributed by atoms with Gasteiger partial charge in [0.1, 0.15) is 6.54 Å². The van der Waals surface area contributed by atoms with Gasteiger partial charge in [-0.1, -0.05) is 24.3 Å². The molecule has 128 valence electrons. The van der Waals surface area contributed by atoms with Crippen LogP contribution in [0.25, 0.3) is 0 Å². The highest BCUT2D eigenvalue weighted by Crippen LogP contribution is 2.05. The Labute approximate surface area is 141 Å². The molecule has 1 aromatic rings. The van der Waals surface area contributed by atoms with Gasteiger partial charge >= 0.3 is 11.9 Å². The molecule has 2 N–H and O–H groups in total. The number of ether oxygens (including phenoxy) is 1. The molecule has 24 heavy (non-hydrogen) atoms. The Balaban J connectivity index is 2.45. The molecule has 0 aliphatic rings. The summed E-state index contributed by atoms with van der Waals surface area (Å²) in [4.78, 5) is 33.3. The van der Waals surface area contributed by atoms with E-state index in [0.29, 0.717) is 24.0 Å². The molecule has 1 rings (SSSR count). The minimum atomic E-state index is -0.775. The summed E-state index contributed by atoms with van der Waals surface area (Å²) >= 11 is 0. The van der Waals surface area contributed by atoms with E-state index < -0.39 is 11.9 Å². The minimum absolute atomic E-state index is 0.179. The summed E-state index contributed by atoms with van der Waals surface area (Å²) in [5.41, 5.74) is 1.14. The van der Waals surface area contributed by atoms with Crippen LogP contribution in [0.4, 0.5) is 0 Å². The van der Waals surface area contributed by atoms with Gasteiger partial charge < -0.3 is 15.2 Å². The Hall–Kier alpha value is -2.81. The van der Waals surface area contributed by atoms with Crippen molar-refractivity contribution in [3.63, 3.8) is 0 Å². The van der Waals surface area contributed by atoms with Crippen LogP contribution in [0.3, 0.4) is 0 Å². The number of unbranched alkanes of at least 4 members (excludes halogenated alkanes) is 3. The van der Waals surface area contributed by atoms with Gasteiger partial charge in [-0.3, -0.25) is 14.4 Å². The highest BCUT2D eigenvalue weighted by atomic mass is 16.5. The van der Waals surface area contributed by atoms with Crippen molar-refractivity contribution in [2.75, 3.05) is 13.7 Å². The summed E-state index contributed by atoms with van der Waals surface area (Å²) < 4.78 is 4.46. The van der Waals surface area contributed by atoms with E-state index in [1.165, 1.54) is 7.11 Å². The lowest BCUT2D eigenvalue weighted by molar-refractivity contribution is -0.139. The van der Waals surface area contributed by atoms with Gasteiger partial charge in [0.15, 0.2) is 0 Å². The first-order valence-corrected chi connectivity index (χ1v) is 7.68. The molecule has 0 heterocycles. The quantitative estimate of drug-likeness (QED) is 0.432. The SMILES string of the molecule is COC(=O)CNC(=O)c1cccc(C#CCCCCCC(=O)O)c1. The van der Waals surface area contributed by atoms with Gasteiger partial charge in [-0.25, -0.2) is 0 Å². The van der Waals surface area contributed by atoms with Crippen LogP contribution < -0.4 is 5.32 Å². The van der Waals surface area contributed by atoms with Crippen molar-refractivity contribution in [2.45, 2.75) is 32.1 Å². The molecule has 0 radical (unpaired) electrons. The Morgan fingerprint density at radius 2 is 2.00 bits per heavy atom. The summed E-state index contributed by atoms with van der Waals surface area (Å²) in [6.07, 6.45) is 3.21. The highest BCUT2D eigenvalue weighted by Gasteiger charge is 2.07. The molecule has 6 nitrogen and oxygen atoms in total. The zero-order chi connectivity index (χ0) is 17.8.